The molecule has 1 fully saturated rings. The monoisotopic (exact) mass is 276 g/mol. The molecule has 2 rings (SSSR count). The summed E-state index contributed by atoms with van der Waals surface area (Å²) >= 11 is 0. The van der Waals surface area contributed by atoms with Crippen LogP contribution in [0, 0.1) is 5.92 Å². The second-order valence-electron chi connectivity index (χ2n) is 5.57. The molecule has 20 heavy (non-hydrogen) atoms. The first-order valence-corrected chi connectivity index (χ1v) is 7.39. The molecule has 1 aliphatic rings. The maximum Gasteiger partial charge on any atom is 0.241 e. The van der Waals surface area contributed by atoms with Gasteiger partial charge in [0.05, 0.1) is 13.2 Å². The van der Waals surface area contributed by atoms with Crippen molar-refractivity contribution in [1.82, 2.24) is 0 Å². The fourth-order valence-electron chi connectivity index (χ4n) is 2.82. The average molecular weight is 276 g/mol. The molecular weight excluding hydrogens is 252 g/mol. The summed E-state index contributed by atoms with van der Waals surface area (Å²) in [4.78, 5) is 12.1. The summed E-state index contributed by atoms with van der Waals surface area (Å²) < 4.78 is 5.14. The van der Waals surface area contributed by atoms with Crippen LogP contribution >= 0.6 is 0 Å². The van der Waals surface area contributed by atoms with E-state index in [4.69, 9.17) is 10.5 Å². The molecule has 1 aromatic carbocycles. The molecular formula is C16H24N2O2. The van der Waals surface area contributed by atoms with E-state index in [1.165, 1.54) is 32.1 Å². The molecule has 0 heterocycles. The van der Waals surface area contributed by atoms with E-state index in [1.807, 2.05) is 18.2 Å². The van der Waals surface area contributed by atoms with Gasteiger partial charge in [0.1, 0.15) is 5.75 Å². The molecule has 4 heteroatoms. The highest BCUT2D eigenvalue weighted by atomic mass is 16.5. The summed E-state index contributed by atoms with van der Waals surface area (Å²) in [6.45, 7) is 0. The minimum atomic E-state index is -0.427. The SMILES string of the molecule is COc1cccc(NC(=O)C(N)CC2CCCCC2)c1. The average Bonchev–Trinajstić information content (AvgIpc) is 2.48. The second-order valence-corrected chi connectivity index (χ2v) is 5.57. The molecule has 0 spiro atoms. The number of anilines is 1. The van der Waals surface area contributed by atoms with Gasteiger partial charge in [-0.25, -0.2) is 0 Å². The molecule has 4 nitrogen and oxygen atoms in total. The number of nitrogens with two attached hydrogens (primary N) is 1. The first kappa shape index (κ1) is 14.9. The summed E-state index contributed by atoms with van der Waals surface area (Å²) in [6.07, 6.45) is 7.07. The molecule has 1 aromatic rings. The van der Waals surface area contributed by atoms with E-state index >= 15 is 0 Å². The molecule has 1 saturated carbocycles. The van der Waals surface area contributed by atoms with Crippen molar-refractivity contribution < 1.29 is 9.53 Å². The molecule has 0 bridgehead atoms. The topological polar surface area (TPSA) is 64.3 Å². The molecule has 110 valence electrons. The zero-order valence-electron chi connectivity index (χ0n) is 12.1. The van der Waals surface area contributed by atoms with Gasteiger partial charge in [-0.15, -0.1) is 0 Å². The van der Waals surface area contributed by atoms with E-state index in [9.17, 15) is 4.79 Å². The summed E-state index contributed by atoms with van der Waals surface area (Å²) in [6, 6.07) is 6.90. The van der Waals surface area contributed by atoms with Crippen molar-refractivity contribution in [3.05, 3.63) is 24.3 Å². The lowest BCUT2D eigenvalue weighted by atomic mass is 9.85. The maximum absolute atomic E-state index is 12.1. The third-order valence-electron chi connectivity index (χ3n) is 3.99. The zero-order chi connectivity index (χ0) is 14.4. The zero-order valence-corrected chi connectivity index (χ0v) is 12.1. The van der Waals surface area contributed by atoms with E-state index in [-0.39, 0.29) is 5.91 Å². The minimum absolute atomic E-state index is 0.108. The van der Waals surface area contributed by atoms with Crippen molar-refractivity contribution in [1.29, 1.82) is 0 Å². The number of hydrogen-bond acceptors (Lipinski definition) is 3. The Morgan fingerprint density at radius 2 is 2.15 bits per heavy atom. The van der Waals surface area contributed by atoms with Gasteiger partial charge in [0, 0.05) is 11.8 Å². The lowest BCUT2D eigenvalue weighted by Gasteiger charge is -2.24. The lowest BCUT2D eigenvalue weighted by molar-refractivity contribution is -0.117. The van der Waals surface area contributed by atoms with Crippen molar-refractivity contribution in [2.45, 2.75) is 44.6 Å². The molecule has 3 N–H and O–H groups in total. The van der Waals surface area contributed by atoms with Gasteiger partial charge < -0.3 is 15.8 Å². The van der Waals surface area contributed by atoms with Gasteiger partial charge >= 0.3 is 0 Å². The van der Waals surface area contributed by atoms with Crippen LogP contribution in [0.3, 0.4) is 0 Å². The van der Waals surface area contributed by atoms with Gasteiger partial charge in [0.25, 0.3) is 0 Å². The number of benzene rings is 1. The summed E-state index contributed by atoms with van der Waals surface area (Å²) in [5.74, 6) is 1.22. The number of ether oxygens (including phenoxy) is 1. The van der Waals surface area contributed by atoms with E-state index in [1.54, 1.807) is 13.2 Å². The normalized spacial score (nSPS) is 17.5. The van der Waals surface area contributed by atoms with Crippen molar-refractivity contribution in [3.63, 3.8) is 0 Å². The highest BCUT2D eigenvalue weighted by Crippen LogP contribution is 2.27. The van der Waals surface area contributed by atoms with Gasteiger partial charge in [-0.3, -0.25) is 4.79 Å². The van der Waals surface area contributed by atoms with Crippen LogP contribution in [0.2, 0.25) is 0 Å². The number of methoxy groups -OCH3 is 1. The Hall–Kier alpha value is -1.55. The summed E-state index contributed by atoms with van der Waals surface area (Å²) in [7, 11) is 1.61. The standard InChI is InChI=1S/C16H24N2O2/c1-20-14-9-5-8-13(11-14)18-16(19)15(17)10-12-6-3-2-4-7-12/h5,8-9,11-12,15H,2-4,6-7,10,17H2,1H3,(H,18,19). The number of nitrogens with one attached hydrogen (secondary N) is 1. The highest BCUT2D eigenvalue weighted by molar-refractivity contribution is 5.94. The Labute approximate surface area is 120 Å². The maximum atomic E-state index is 12.1. The molecule has 0 aliphatic heterocycles. The van der Waals surface area contributed by atoms with Crippen LogP contribution in [-0.2, 0) is 4.79 Å². The van der Waals surface area contributed by atoms with Gasteiger partial charge in [-0.1, -0.05) is 38.2 Å². The largest absolute Gasteiger partial charge is 0.497 e. The Morgan fingerprint density at radius 1 is 1.40 bits per heavy atom. The molecule has 1 atom stereocenters. The number of hydrogen-bond donors (Lipinski definition) is 2. The van der Waals surface area contributed by atoms with Crippen LogP contribution in [0.5, 0.6) is 5.75 Å². The van der Waals surface area contributed by atoms with Crippen LogP contribution in [0.25, 0.3) is 0 Å². The van der Waals surface area contributed by atoms with Gasteiger partial charge in [-0.2, -0.15) is 0 Å². The number of carbonyl (C=O) groups is 1. The number of amides is 1. The second kappa shape index (κ2) is 7.29. The van der Waals surface area contributed by atoms with Crippen molar-refractivity contribution in [2.24, 2.45) is 11.7 Å². The Morgan fingerprint density at radius 3 is 2.85 bits per heavy atom. The lowest BCUT2D eigenvalue weighted by Crippen LogP contribution is -2.37. The molecule has 0 aromatic heterocycles. The number of carbonyl (C=O) groups excluding carboxylic acids is 1. The Bertz CT molecular complexity index is 442. The molecule has 0 saturated heterocycles. The highest BCUT2D eigenvalue weighted by Gasteiger charge is 2.21. The van der Waals surface area contributed by atoms with Crippen LogP contribution in [-0.4, -0.2) is 19.1 Å². The van der Waals surface area contributed by atoms with E-state index < -0.39 is 6.04 Å². The molecule has 1 aliphatic carbocycles. The van der Waals surface area contributed by atoms with E-state index in [0.29, 0.717) is 5.92 Å². The summed E-state index contributed by atoms with van der Waals surface area (Å²) in [5.41, 5.74) is 6.75. The van der Waals surface area contributed by atoms with Crippen LogP contribution < -0.4 is 15.8 Å². The van der Waals surface area contributed by atoms with Gasteiger partial charge in [-0.05, 0) is 24.5 Å². The predicted molar refractivity (Wildman–Crippen MR) is 80.8 cm³/mol. The first-order chi connectivity index (χ1) is 9.69. The Balaban J connectivity index is 1.86. The molecule has 1 amide bonds. The van der Waals surface area contributed by atoms with E-state index in [2.05, 4.69) is 5.32 Å². The number of rotatable bonds is 5. The smallest absolute Gasteiger partial charge is 0.241 e. The van der Waals surface area contributed by atoms with Crippen molar-refractivity contribution in [2.75, 3.05) is 12.4 Å². The predicted octanol–water partition coefficient (Wildman–Crippen LogP) is 2.93. The molecule has 1 unspecified atom stereocenters. The fraction of sp³-hybridized carbons (Fsp3) is 0.562. The van der Waals surface area contributed by atoms with Crippen molar-refractivity contribution >= 4 is 11.6 Å². The molecule has 0 radical (unpaired) electrons. The van der Waals surface area contributed by atoms with Gasteiger partial charge in [0.15, 0.2) is 0 Å². The third kappa shape index (κ3) is 4.23. The minimum Gasteiger partial charge on any atom is -0.497 e. The van der Waals surface area contributed by atoms with Crippen LogP contribution in [0.15, 0.2) is 24.3 Å². The van der Waals surface area contributed by atoms with Crippen LogP contribution in [0.4, 0.5) is 5.69 Å². The fourth-order valence-corrected chi connectivity index (χ4v) is 2.82. The third-order valence-corrected chi connectivity index (χ3v) is 3.99. The summed E-state index contributed by atoms with van der Waals surface area (Å²) in [5, 5.41) is 2.86. The first-order valence-electron chi connectivity index (χ1n) is 7.39. The van der Waals surface area contributed by atoms with Gasteiger partial charge in [0.2, 0.25) is 5.91 Å². The quantitative estimate of drug-likeness (QED) is 0.869. The Kier molecular flexibility index (Phi) is 5.41. The van der Waals surface area contributed by atoms with Crippen LogP contribution in [0.1, 0.15) is 38.5 Å². The van der Waals surface area contributed by atoms with E-state index in [0.717, 1.165) is 17.9 Å². The van der Waals surface area contributed by atoms with Crippen molar-refractivity contribution in [3.8, 4) is 5.75 Å².